The third kappa shape index (κ3) is 3.83. The lowest BCUT2D eigenvalue weighted by Gasteiger charge is -2.11. The second-order valence-corrected chi connectivity index (χ2v) is 4.46. The molecule has 102 valence electrons. The molecule has 0 bridgehead atoms. The predicted octanol–water partition coefficient (Wildman–Crippen LogP) is 1.17. The molecule has 0 amide bonds. The average Bonchev–Trinajstić information content (AvgIpc) is 2.26. The summed E-state index contributed by atoms with van der Waals surface area (Å²) in [4.78, 5) is 23.3. The summed E-state index contributed by atoms with van der Waals surface area (Å²) in [5, 5.41) is 0. The Morgan fingerprint density at radius 3 is 2.50 bits per heavy atom. The van der Waals surface area contributed by atoms with E-state index in [2.05, 4.69) is 4.74 Å². The largest absolute Gasteiger partial charge is 0.522 e. The summed E-state index contributed by atoms with van der Waals surface area (Å²) < 4.78 is 41.2. The molecule has 18 heavy (non-hydrogen) atoms. The van der Waals surface area contributed by atoms with E-state index in [1.165, 1.54) is 10.8 Å². The summed E-state index contributed by atoms with van der Waals surface area (Å²) in [7, 11) is 0. The fraction of sp³-hybridized carbons (Fsp3) is 0.556. The van der Waals surface area contributed by atoms with Gasteiger partial charge in [0.1, 0.15) is 0 Å². The van der Waals surface area contributed by atoms with Crippen LogP contribution in [0.1, 0.15) is 6.92 Å². The molecule has 0 unspecified atom stereocenters. The smallest absolute Gasteiger partial charge is 0.300 e. The molecule has 0 fully saturated rings. The second-order valence-electron chi connectivity index (χ2n) is 3.30. The highest BCUT2D eigenvalue weighted by molar-refractivity contribution is 14.1. The summed E-state index contributed by atoms with van der Waals surface area (Å²) in [6.45, 7) is 0.810. The van der Waals surface area contributed by atoms with Crippen molar-refractivity contribution in [3.8, 4) is 0 Å². The molecule has 0 aromatic carbocycles. The molecule has 0 saturated carbocycles. The van der Waals surface area contributed by atoms with Crippen LogP contribution in [0.4, 0.5) is 13.2 Å². The lowest BCUT2D eigenvalue weighted by atomic mass is 10.5. The molecule has 1 aromatic heterocycles. The molecule has 0 atom stereocenters. The maximum Gasteiger partial charge on any atom is 0.522 e. The summed E-state index contributed by atoms with van der Waals surface area (Å²) in [6, 6.07) is 0. The van der Waals surface area contributed by atoms with Crippen molar-refractivity contribution in [2.45, 2.75) is 26.4 Å². The van der Waals surface area contributed by atoms with E-state index in [4.69, 9.17) is 0 Å². The number of nitrogens with zero attached hydrogens (tertiary/aromatic N) is 2. The van der Waals surface area contributed by atoms with Crippen LogP contribution in [0.3, 0.4) is 0 Å². The van der Waals surface area contributed by atoms with Gasteiger partial charge >= 0.3 is 12.1 Å². The molecule has 1 heterocycles. The standard InChI is InChI=1S/C9H10F3IN2O3/c1-2-14-5-6(13)7(16)15(8(14)17)3-4-18-9(10,11)12/h5H,2-4H2,1H3. The van der Waals surface area contributed by atoms with Gasteiger partial charge in [0, 0.05) is 12.7 Å². The van der Waals surface area contributed by atoms with E-state index >= 15 is 0 Å². The van der Waals surface area contributed by atoms with E-state index in [-0.39, 0.29) is 3.57 Å². The Bertz CT molecular complexity index is 535. The quantitative estimate of drug-likeness (QED) is 0.740. The predicted molar refractivity (Wildman–Crippen MR) is 65.4 cm³/mol. The Balaban J connectivity index is 2.99. The molecule has 1 rings (SSSR count). The minimum absolute atomic E-state index is 0.265. The highest BCUT2D eigenvalue weighted by atomic mass is 127. The molecule has 5 nitrogen and oxygen atoms in total. The normalized spacial score (nSPS) is 11.8. The van der Waals surface area contributed by atoms with Crippen LogP contribution in [0.25, 0.3) is 0 Å². The van der Waals surface area contributed by atoms with Gasteiger partial charge in [-0.2, -0.15) is 0 Å². The molecule has 0 N–H and O–H groups in total. The van der Waals surface area contributed by atoms with Crippen LogP contribution >= 0.6 is 22.6 Å². The number of aryl methyl sites for hydroxylation is 1. The van der Waals surface area contributed by atoms with Gasteiger partial charge < -0.3 is 0 Å². The summed E-state index contributed by atoms with van der Waals surface area (Å²) in [6.07, 6.45) is -3.40. The van der Waals surface area contributed by atoms with Crippen LogP contribution in [-0.2, 0) is 17.8 Å². The molecular formula is C9H10F3IN2O3. The van der Waals surface area contributed by atoms with E-state index in [0.717, 1.165) is 4.57 Å². The molecule has 0 saturated heterocycles. The zero-order valence-electron chi connectivity index (χ0n) is 9.33. The van der Waals surface area contributed by atoms with Crippen LogP contribution in [0.5, 0.6) is 0 Å². The highest BCUT2D eigenvalue weighted by Crippen LogP contribution is 2.15. The molecule has 1 aromatic rings. The van der Waals surface area contributed by atoms with Gasteiger partial charge in [-0.1, -0.05) is 0 Å². The van der Waals surface area contributed by atoms with Crippen LogP contribution in [0, 0.1) is 3.57 Å². The van der Waals surface area contributed by atoms with E-state index in [1.54, 1.807) is 29.5 Å². The molecular weight excluding hydrogens is 368 g/mol. The Labute approximate surface area is 113 Å². The molecule has 0 radical (unpaired) electrons. The number of ether oxygens (including phenoxy) is 1. The molecule has 0 aliphatic rings. The van der Waals surface area contributed by atoms with E-state index in [0.29, 0.717) is 6.54 Å². The lowest BCUT2D eigenvalue weighted by molar-refractivity contribution is -0.325. The van der Waals surface area contributed by atoms with Crippen molar-refractivity contribution < 1.29 is 17.9 Å². The minimum Gasteiger partial charge on any atom is -0.300 e. The van der Waals surface area contributed by atoms with Crippen LogP contribution in [0.2, 0.25) is 0 Å². The van der Waals surface area contributed by atoms with Gasteiger partial charge in [-0.3, -0.25) is 18.7 Å². The Kier molecular flexibility index (Phi) is 4.96. The van der Waals surface area contributed by atoms with Gasteiger partial charge in [-0.25, -0.2) is 4.79 Å². The number of hydrogen-bond donors (Lipinski definition) is 0. The summed E-state index contributed by atoms with van der Waals surface area (Å²) in [5.74, 6) is 0. The van der Waals surface area contributed by atoms with Gasteiger partial charge in [0.15, 0.2) is 0 Å². The molecule has 0 aliphatic carbocycles. The molecule has 0 aliphatic heterocycles. The third-order valence-electron chi connectivity index (χ3n) is 2.12. The summed E-state index contributed by atoms with van der Waals surface area (Å²) in [5.41, 5.74) is -1.26. The zero-order valence-corrected chi connectivity index (χ0v) is 11.5. The maximum absolute atomic E-state index is 11.8. The second kappa shape index (κ2) is 5.87. The number of halogens is 4. The lowest BCUT2D eigenvalue weighted by Crippen LogP contribution is -2.41. The van der Waals surface area contributed by atoms with Gasteiger partial charge in [-0.15, -0.1) is 13.2 Å². The van der Waals surface area contributed by atoms with Crippen LogP contribution in [-0.4, -0.2) is 22.1 Å². The van der Waals surface area contributed by atoms with Crippen molar-refractivity contribution >= 4 is 22.6 Å². The van der Waals surface area contributed by atoms with Crippen molar-refractivity contribution in [3.63, 3.8) is 0 Å². The first kappa shape index (κ1) is 15.2. The van der Waals surface area contributed by atoms with Crippen molar-refractivity contribution in [2.75, 3.05) is 6.61 Å². The minimum atomic E-state index is -4.77. The van der Waals surface area contributed by atoms with Crippen molar-refractivity contribution in [1.29, 1.82) is 0 Å². The topological polar surface area (TPSA) is 53.2 Å². The zero-order chi connectivity index (χ0) is 13.9. The van der Waals surface area contributed by atoms with Crippen LogP contribution in [0.15, 0.2) is 15.8 Å². The first-order chi connectivity index (χ1) is 8.26. The van der Waals surface area contributed by atoms with Gasteiger partial charge in [-0.05, 0) is 29.5 Å². The van der Waals surface area contributed by atoms with Crippen LogP contribution < -0.4 is 11.2 Å². The third-order valence-corrected chi connectivity index (χ3v) is 2.86. The fourth-order valence-electron chi connectivity index (χ4n) is 1.29. The van der Waals surface area contributed by atoms with E-state index in [1.807, 2.05) is 0 Å². The summed E-state index contributed by atoms with van der Waals surface area (Å²) >= 11 is 1.73. The monoisotopic (exact) mass is 378 g/mol. The first-order valence-corrected chi connectivity index (χ1v) is 6.04. The van der Waals surface area contributed by atoms with Gasteiger partial charge in [0.05, 0.1) is 16.7 Å². The van der Waals surface area contributed by atoms with Crippen molar-refractivity contribution in [2.24, 2.45) is 0 Å². The first-order valence-electron chi connectivity index (χ1n) is 4.96. The number of hydrogen-bond acceptors (Lipinski definition) is 3. The SMILES string of the molecule is CCn1cc(I)c(=O)n(CCOC(F)(F)F)c1=O. The fourth-order valence-corrected chi connectivity index (χ4v) is 1.92. The number of rotatable bonds is 4. The Hall–Kier alpha value is -0.840. The average molecular weight is 378 g/mol. The molecule has 0 spiro atoms. The highest BCUT2D eigenvalue weighted by Gasteiger charge is 2.28. The van der Waals surface area contributed by atoms with Crippen molar-refractivity contribution in [1.82, 2.24) is 9.13 Å². The maximum atomic E-state index is 11.8. The van der Waals surface area contributed by atoms with Crippen molar-refractivity contribution in [3.05, 3.63) is 30.6 Å². The Morgan fingerprint density at radius 2 is 2.00 bits per heavy atom. The van der Waals surface area contributed by atoms with Gasteiger partial charge in [0.25, 0.3) is 5.56 Å². The Morgan fingerprint density at radius 1 is 1.39 bits per heavy atom. The molecule has 9 heteroatoms. The number of aromatic nitrogens is 2. The van der Waals surface area contributed by atoms with E-state index in [9.17, 15) is 22.8 Å². The number of alkyl halides is 3. The van der Waals surface area contributed by atoms with E-state index < -0.39 is 30.8 Å². The van der Waals surface area contributed by atoms with Gasteiger partial charge in [0.2, 0.25) is 0 Å².